The minimum absolute atomic E-state index is 0. The summed E-state index contributed by atoms with van der Waals surface area (Å²) in [6.07, 6.45) is 3.79. The van der Waals surface area contributed by atoms with Crippen molar-refractivity contribution in [1.29, 1.82) is 0 Å². The number of sulfone groups is 1. The van der Waals surface area contributed by atoms with Crippen LogP contribution in [0.2, 0.25) is 0 Å². The van der Waals surface area contributed by atoms with Crippen molar-refractivity contribution in [1.82, 2.24) is 0 Å². The Labute approximate surface area is 146 Å². The predicted molar refractivity (Wildman–Crippen MR) is 84.6 cm³/mol. The Morgan fingerprint density at radius 2 is 1.86 bits per heavy atom. The number of hydrogen-bond acceptors (Lipinski definition) is 3. The SMILES string of the molecule is C/C(=C\[CH-]S(=O)(=O)c1ccc(C)cc1)CCC1OC1(C)C.[Li+]. The van der Waals surface area contributed by atoms with E-state index in [0.717, 1.165) is 24.0 Å². The second-order valence-electron chi connectivity index (χ2n) is 6.26. The number of aryl methyl sites for hydroxylation is 1. The van der Waals surface area contributed by atoms with Gasteiger partial charge in [-0.1, -0.05) is 24.1 Å². The summed E-state index contributed by atoms with van der Waals surface area (Å²) in [5, 5.41) is 0. The van der Waals surface area contributed by atoms with Gasteiger partial charge in [0.05, 0.1) is 16.6 Å². The van der Waals surface area contributed by atoms with Gasteiger partial charge in [0.2, 0.25) is 0 Å². The topological polar surface area (TPSA) is 46.7 Å². The molecule has 0 amide bonds. The van der Waals surface area contributed by atoms with Gasteiger partial charge in [0.1, 0.15) is 9.84 Å². The molecule has 0 saturated carbocycles. The normalized spacial score (nSPS) is 20.2. The summed E-state index contributed by atoms with van der Waals surface area (Å²) in [7, 11) is -3.35. The molecule has 1 aliphatic rings. The van der Waals surface area contributed by atoms with Gasteiger partial charge in [-0.15, -0.1) is 12.7 Å². The van der Waals surface area contributed by atoms with Crippen molar-refractivity contribution in [3.05, 3.63) is 47.2 Å². The summed E-state index contributed by atoms with van der Waals surface area (Å²) in [6, 6.07) is 6.91. The van der Waals surface area contributed by atoms with Gasteiger partial charge in [-0.3, -0.25) is 0 Å². The summed E-state index contributed by atoms with van der Waals surface area (Å²) in [4.78, 5) is 0.337. The fourth-order valence-corrected chi connectivity index (χ4v) is 3.28. The van der Waals surface area contributed by atoms with Crippen molar-refractivity contribution in [2.75, 3.05) is 0 Å². The van der Waals surface area contributed by atoms with Gasteiger partial charge >= 0.3 is 18.9 Å². The van der Waals surface area contributed by atoms with Gasteiger partial charge < -0.3 is 4.74 Å². The quantitative estimate of drug-likeness (QED) is 0.444. The molecule has 1 fully saturated rings. The van der Waals surface area contributed by atoms with Crippen LogP contribution in [0.4, 0.5) is 0 Å². The van der Waals surface area contributed by atoms with Crippen molar-refractivity contribution >= 4 is 9.84 Å². The first-order valence-electron chi connectivity index (χ1n) is 7.21. The molecule has 1 saturated heterocycles. The minimum atomic E-state index is -3.35. The molecule has 2 rings (SSSR count). The van der Waals surface area contributed by atoms with Gasteiger partial charge in [-0.05, 0) is 39.3 Å². The van der Waals surface area contributed by atoms with Crippen LogP contribution in [-0.4, -0.2) is 20.1 Å². The van der Waals surface area contributed by atoms with E-state index >= 15 is 0 Å². The van der Waals surface area contributed by atoms with Crippen LogP contribution in [0.1, 0.15) is 39.2 Å². The smallest absolute Gasteiger partial charge is 0.367 e. The maximum absolute atomic E-state index is 12.2. The van der Waals surface area contributed by atoms with Crippen molar-refractivity contribution in [2.24, 2.45) is 0 Å². The molecule has 0 aromatic heterocycles. The molecule has 0 radical (unpaired) electrons. The van der Waals surface area contributed by atoms with Gasteiger partial charge in [-0.2, -0.15) is 0 Å². The first-order valence-corrected chi connectivity index (χ1v) is 8.75. The van der Waals surface area contributed by atoms with Crippen LogP contribution in [-0.2, 0) is 14.6 Å². The number of epoxide rings is 1. The van der Waals surface area contributed by atoms with E-state index in [2.05, 4.69) is 13.8 Å². The van der Waals surface area contributed by atoms with Crippen LogP contribution in [0.25, 0.3) is 0 Å². The van der Waals surface area contributed by atoms with E-state index in [-0.39, 0.29) is 24.5 Å². The van der Waals surface area contributed by atoms with Crippen molar-refractivity contribution in [3.8, 4) is 0 Å². The molecule has 1 aromatic carbocycles. The minimum Gasteiger partial charge on any atom is -0.367 e. The van der Waals surface area contributed by atoms with Crippen LogP contribution in [0.3, 0.4) is 0 Å². The fraction of sp³-hybridized carbons (Fsp3) is 0.471. The number of allylic oxidation sites excluding steroid dienone is 1. The predicted octanol–water partition coefficient (Wildman–Crippen LogP) is 0.838. The Morgan fingerprint density at radius 1 is 1.32 bits per heavy atom. The molecule has 1 heterocycles. The molecule has 5 heteroatoms. The molecule has 1 unspecified atom stereocenters. The molecule has 0 spiro atoms. The van der Waals surface area contributed by atoms with E-state index < -0.39 is 9.84 Å². The zero-order chi connectivity index (χ0) is 15.7. The average molecular weight is 314 g/mol. The van der Waals surface area contributed by atoms with Crippen LogP contribution >= 0.6 is 0 Å². The molecule has 0 N–H and O–H groups in total. The van der Waals surface area contributed by atoms with Gasteiger partial charge in [0.15, 0.2) is 0 Å². The van der Waals surface area contributed by atoms with E-state index in [1.165, 1.54) is 5.75 Å². The Kier molecular flexibility index (Phi) is 6.41. The largest absolute Gasteiger partial charge is 1.00 e. The van der Waals surface area contributed by atoms with E-state index in [9.17, 15) is 8.42 Å². The molecule has 1 atom stereocenters. The van der Waals surface area contributed by atoms with Crippen LogP contribution in [0, 0.1) is 12.7 Å². The molecule has 116 valence electrons. The maximum atomic E-state index is 12.2. The first kappa shape index (κ1) is 19.4. The van der Waals surface area contributed by atoms with E-state index in [1.807, 2.05) is 26.0 Å². The first-order chi connectivity index (χ1) is 9.71. The second kappa shape index (κ2) is 7.27. The third-order valence-electron chi connectivity index (χ3n) is 3.85. The van der Waals surface area contributed by atoms with Crippen LogP contribution in [0.5, 0.6) is 0 Å². The number of benzene rings is 1. The maximum Gasteiger partial charge on any atom is 1.00 e. The van der Waals surface area contributed by atoms with E-state index in [0.29, 0.717) is 11.0 Å². The zero-order valence-corrected chi connectivity index (χ0v) is 14.9. The Morgan fingerprint density at radius 3 is 2.36 bits per heavy atom. The monoisotopic (exact) mass is 314 g/mol. The van der Waals surface area contributed by atoms with Gasteiger partial charge in [-0.25, -0.2) is 20.1 Å². The molecule has 22 heavy (non-hydrogen) atoms. The molecule has 0 bridgehead atoms. The second-order valence-corrected chi connectivity index (χ2v) is 8.09. The summed E-state index contributed by atoms with van der Waals surface area (Å²) in [6.45, 7) is 8.04. The van der Waals surface area contributed by atoms with E-state index in [4.69, 9.17) is 4.74 Å². The molecular weight excluding hydrogens is 291 g/mol. The zero-order valence-electron chi connectivity index (χ0n) is 14.1. The molecule has 0 aliphatic carbocycles. The average Bonchev–Trinajstić information content (AvgIpc) is 3.02. The standard InChI is InChI=1S/C17H23O3S.Li/c1-13-5-8-15(9-6-13)21(18,19)12-11-14(2)7-10-16-17(3,4)20-16;/h5-6,8-9,11-12,16H,7,10H2,1-4H3;/q-1;+1/b14-11+;. The summed E-state index contributed by atoms with van der Waals surface area (Å²) in [5.74, 6) is 1.30. The Hall–Kier alpha value is -0.663. The van der Waals surface area contributed by atoms with Gasteiger partial charge in [0, 0.05) is 0 Å². The summed E-state index contributed by atoms with van der Waals surface area (Å²) in [5.41, 5.74) is 2.10. The Balaban J connectivity index is 0.00000242. The summed E-state index contributed by atoms with van der Waals surface area (Å²) < 4.78 is 29.9. The van der Waals surface area contributed by atoms with E-state index in [1.54, 1.807) is 18.2 Å². The van der Waals surface area contributed by atoms with Crippen LogP contribution < -0.4 is 18.9 Å². The van der Waals surface area contributed by atoms with Crippen LogP contribution in [0.15, 0.2) is 40.8 Å². The van der Waals surface area contributed by atoms with Crippen molar-refractivity contribution in [3.63, 3.8) is 0 Å². The third kappa shape index (κ3) is 5.21. The van der Waals surface area contributed by atoms with Gasteiger partial charge in [0.25, 0.3) is 0 Å². The summed E-state index contributed by atoms with van der Waals surface area (Å²) >= 11 is 0. The third-order valence-corrected chi connectivity index (χ3v) is 5.27. The molecular formula is C17H23LiO3S. The number of hydrogen-bond donors (Lipinski definition) is 0. The molecule has 1 aromatic rings. The Bertz CT molecular complexity index is 630. The fourth-order valence-electron chi connectivity index (χ4n) is 2.19. The molecule has 3 nitrogen and oxygen atoms in total. The molecule has 1 aliphatic heterocycles. The number of rotatable bonds is 6. The van der Waals surface area contributed by atoms with Crippen molar-refractivity contribution in [2.45, 2.75) is 57.1 Å². The van der Waals surface area contributed by atoms with Crippen molar-refractivity contribution < 1.29 is 32.0 Å². The number of ether oxygens (including phenoxy) is 1.